The summed E-state index contributed by atoms with van der Waals surface area (Å²) in [6, 6.07) is 8.79. The monoisotopic (exact) mass is 527 g/mol. The number of carbonyl (C=O) groups is 2. The second-order valence-electron chi connectivity index (χ2n) is 9.24. The highest BCUT2D eigenvalue weighted by atomic mass is 32.1. The van der Waals surface area contributed by atoms with Crippen LogP contribution in [0.15, 0.2) is 30.3 Å². The summed E-state index contributed by atoms with van der Waals surface area (Å²) in [4.78, 5) is 30.5. The summed E-state index contributed by atoms with van der Waals surface area (Å²) in [7, 11) is 0. The molecule has 2 aromatic heterocycles. The Morgan fingerprint density at radius 1 is 1.27 bits per heavy atom. The lowest BCUT2D eigenvalue weighted by atomic mass is 10.0. The average Bonchev–Trinajstić information content (AvgIpc) is 3.23. The largest absolute Gasteiger partial charge is 0.491 e. The number of thiophene rings is 1. The normalized spacial score (nSPS) is 15.1. The van der Waals surface area contributed by atoms with Gasteiger partial charge in [-0.3, -0.25) is 4.79 Å². The topological polar surface area (TPSA) is 164 Å². The van der Waals surface area contributed by atoms with E-state index in [0.717, 1.165) is 66.9 Å². The third kappa shape index (κ3) is 6.30. The number of ether oxygens (including phenoxy) is 1. The van der Waals surface area contributed by atoms with E-state index in [1.807, 2.05) is 6.07 Å². The molecule has 0 radical (unpaired) electrons. The van der Waals surface area contributed by atoms with E-state index in [1.165, 1.54) is 0 Å². The van der Waals surface area contributed by atoms with E-state index < -0.39 is 18.0 Å². The molecule has 4 rings (SSSR count). The van der Waals surface area contributed by atoms with Gasteiger partial charge in [0.1, 0.15) is 34.0 Å². The fraction of sp³-hybridized carbons (Fsp3) is 0.423. The fourth-order valence-electron chi connectivity index (χ4n) is 4.55. The second-order valence-corrected chi connectivity index (χ2v) is 10.2. The van der Waals surface area contributed by atoms with Gasteiger partial charge in [0.25, 0.3) is 0 Å². The molecule has 1 amide bonds. The van der Waals surface area contributed by atoms with Crippen LogP contribution in [0.4, 0.5) is 11.5 Å². The number of aliphatic hydroxyl groups excluding tert-OH is 1. The Bertz CT molecular complexity index is 1250. The number of nitrogen functional groups attached to an aromatic ring is 1. The van der Waals surface area contributed by atoms with Crippen LogP contribution in [0.3, 0.4) is 0 Å². The zero-order valence-corrected chi connectivity index (χ0v) is 21.6. The van der Waals surface area contributed by atoms with Gasteiger partial charge in [-0.2, -0.15) is 0 Å². The number of hydrogen-bond acceptors (Lipinski definition) is 9. The number of aryl methyl sites for hydroxylation is 1. The highest BCUT2D eigenvalue weighted by Crippen LogP contribution is 2.37. The molecule has 3 aromatic rings. The quantitative estimate of drug-likeness (QED) is 0.252. The van der Waals surface area contributed by atoms with Crippen LogP contribution in [-0.2, 0) is 6.42 Å². The number of anilines is 2. The number of rotatable bonds is 11. The number of piperidine rings is 1. The smallest absolute Gasteiger partial charge is 0.348 e. The van der Waals surface area contributed by atoms with Gasteiger partial charge >= 0.3 is 5.97 Å². The van der Waals surface area contributed by atoms with E-state index in [-0.39, 0.29) is 17.5 Å². The first-order valence-corrected chi connectivity index (χ1v) is 13.2. The number of nitrogens with one attached hydrogen (secondary N) is 1. The van der Waals surface area contributed by atoms with Crippen LogP contribution in [0.25, 0.3) is 10.2 Å². The van der Waals surface area contributed by atoms with E-state index in [0.29, 0.717) is 28.4 Å². The van der Waals surface area contributed by atoms with E-state index in [2.05, 4.69) is 17.1 Å². The molecule has 1 fully saturated rings. The van der Waals surface area contributed by atoms with Crippen LogP contribution in [0.1, 0.15) is 51.8 Å². The Balaban J connectivity index is 1.30. The van der Waals surface area contributed by atoms with E-state index in [4.69, 9.17) is 21.2 Å². The van der Waals surface area contributed by atoms with Crippen molar-refractivity contribution < 1.29 is 24.5 Å². The maximum Gasteiger partial charge on any atom is 0.348 e. The van der Waals surface area contributed by atoms with E-state index in [9.17, 15) is 19.8 Å². The number of aliphatic hydroxyl groups is 1. The number of aromatic carboxylic acids is 1. The first kappa shape index (κ1) is 26.6. The van der Waals surface area contributed by atoms with Crippen molar-refractivity contribution >= 4 is 44.9 Å². The van der Waals surface area contributed by atoms with Gasteiger partial charge in [0.2, 0.25) is 5.91 Å². The third-order valence-corrected chi connectivity index (χ3v) is 7.61. The van der Waals surface area contributed by atoms with Crippen molar-refractivity contribution in [1.29, 1.82) is 0 Å². The summed E-state index contributed by atoms with van der Waals surface area (Å²) in [6.07, 6.45) is 2.82. The fourth-order valence-corrected chi connectivity index (χ4v) is 5.53. The van der Waals surface area contributed by atoms with E-state index >= 15 is 0 Å². The molecule has 11 heteroatoms. The molecule has 1 unspecified atom stereocenters. The number of nitrogens with two attached hydrogens (primary N) is 2. The number of carboxylic acid groups (broad SMARTS) is 1. The minimum absolute atomic E-state index is 0.133. The van der Waals surface area contributed by atoms with Crippen LogP contribution in [-0.4, -0.2) is 65.5 Å². The molecule has 1 atom stereocenters. The first-order valence-electron chi connectivity index (χ1n) is 12.4. The van der Waals surface area contributed by atoms with Gasteiger partial charge in [-0.15, -0.1) is 11.3 Å². The minimum Gasteiger partial charge on any atom is -0.491 e. The number of pyridine rings is 1. The summed E-state index contributed by atoms with van der Waals surface area (Å²) in [5, 5.41) is 24.0. The molecule has 1 saturated heterocycles. The van der Waals surface area contributed by atoms with Gasteiger partial charge in [0.15, 0.2) is 0 Å². The summed E-state index contributed by atoms with van der Waals surface area (Å²) in [6.45, 7) is 4.22. The Kier molecular flexibility index (Phi) is 8.47. The number of benzene rings is 1. The molecular weight excluding hydrogens is 494 g/mol. The first-order chi connectivity index (χ1) is 17.8. The highest BCUT2D eigenvalue weighted by Gasteiger charge is 2.24. The Hall–Kier alpha value is -3.41. The predicted molar refractivity (Wildman–Crippen MR) is 145 cm³/mol. The molecule has 0 spiro atoms. The van der Waals surface area contributed by atoms with Crippen molar-refractivity contribution in [3.05, 3.63) is 46.3 Å². The van der Waals surface area contributed by atoms with Gasteiger partial charge in [-0.1, -0.05) is 13.3 Å². The minimum atomic E-state index is -1.02. The molecule has 1 aromatic carbocycles. The number of carboxylic acids is 1. The van der Waals surface area contributed by atoms with Crippen molar-refractivity contribution in [1.82, 2.24) is 10.3 Å². The van der Waals surface area contributed by atoms with Gasteiger partial charge < -0.3 is 36.6 Å². The number of amides is 1. The van der Waals surface area contributed by atoms with Gasteiger partial charge in [-0.05, 0) is 55.2 Å². The molecule has 0 saturated carbocycles. The number of aromatic nitrogens is 1. The predicted octanol–water partition coefficient (Wildman–Crippen LogP) is 2.63. The lowest BCUT2D eigenvalue weighted by Crippen LogP contribution is -2.45. The number of fused-ring (bicyclic) bond motifs is 1. The van der Waals surface area contributed by atoms with Crippen molar-refractivity contribution in [3.63, 3.8) is 0 Å². The third-order valence-electron chi connectivity index (χ3n) is 6.52. The summed E-state index contributed by atoms with van der Waals surface area (Å²) in [5.41, 5.74) is 13.2. The Morgan fingerprint density at radius 3 is 2.59 bits per heavy atom. The van der Waals surface area contributed by atoms with Crippen molar-refractivity contribution in [3.8, 4) is 5.75 Å². The highest BCUT2D eigenvalue weighted by molar-refractivity contribution is 7.21. The molecule has 1 aliphatic rings. The van der Waals surface area contributed by atoms with Crippen LogP contribution < -0.4 is 26.4 Å². The average molecular weight is 528 g/mol. The Morgan fingerprint density at radius 2 is 1.97 bits per heavy atom. The van der Waals surface area contributed by atoms with Crippen LogP contribution in [0.5, 0.6) is 5.75 Å². The van der Waals surface area contributed by atoms with Crippen LogP contribution in [0.2, 0.25) is 0 Å². The number of carbonyl (C=O) groups excluding carboxylic acids is 1. The molecule has 37 heavy (non-hydrogen) atoms. The summed E-state index contributed by atoms with van der Waals surface area (Å²) < 4.78 is 5.61. The van der Waals surface area contributed by atoms with Crippen molar-refractivity contribution in [2.24, 2.45) is 5.73 Å². The van der Waals surface area contributed by atoms with Crippen molar-refractivity contribution in [2.75, 3.05) is 36.9 Å². The maximum atomic E-state index is 11.6. The maximum absolute atomic E-state index is 11.6. The molecule has 198 valence electrons. The molecule has 0 bridgehead atoms. The van der Waals surface area contributed by atoms with Crippen LogP contribution in [0, 0.1) is 0 Å². The molecule has 10 nitrogen and oxygen atoms in total. The van der Waals surface area contributed by atoms with Crippen LogP contribution >= 0.6 is 11.3 Å². The molecular formula is C26H33N5O5S. The number of primary amides is 1. The molecule has 1 aliphatic heterocycles. The summed E-state index contributed by atoms with van der Waals surface area (Å²) in [5.74, 6) is -0.108. The Labute approximate surface area is 219 Å². The van der Waals surface area contributed by atoms with Gasteiger partial charge in [-0.25, -0.2) is 9.78 Å². The van der Waals surface area contributed by atoms with Crippen molar-refractivity contribution in [2.45, 2.75) is 44.8 Å². The lowest BCUT2D eigenvalue weighted by molar-refractivity contribution is 0.0703. The second kappa shape index (κ2) is 11.8. The summed E-state index contributed by atoms with van der Waals surface area (Å²) >= 11 is 1.13. The molecule has 0 aliphatic carbocycles. The van der Waals surface area contributed by atoms with E-state index in [1.54, 1.807) is 24.3 Å². The molecule has 3 heterocycles. The van der Waals surface area contributed by atoms with Gasteiger partial charge in [0.05, 0.1) is 5.69 Å². The SMILES string of the molecule is CCCc1cc(N2CCC(NCC(O)COc3ccc(C(N)=O)cc3)CC2)nc2sc(C(=O)O)c(N)c12. The number of hydrogen-bond donors (Lipinski definition) is 5. The standard InChI is InChI=1S/C26H33N5O5S/c1-2-3-16-12-20(30-25-21(16)22(27)23(37-25)26(34)35)31-10-8-17(9-11-31)29-13-18(32)14-36-19-6-4-15(5-7-19)24(28)33/h4-7,12,17-18,29,32H,2-3,8-11,13-14,27H2,1H3,(H2,28,33)(H,34,35). The lowest BCUT2D eigenvalue weighted by Gasteiger charge is -2.34. The zero-order chi connectivity index (χ0) is 26.5. The van der Waals surface area contributed by atoms with Gasteiger partial charge in [0, 0.05) is 36.6 Å². The number of nitrogens with zero attached hydrogens (tertiary/aromatic N) is 2. The zero-order valence-electron chi connectivity index (χ0n) is 20.8. The molecule has 7 N–H and O–H groups in total.